The maximum absolute atomic E-state index is 11.7. The average Bonchev–Trinajstić information content (AvgIpc) is 2.43. The minimum absolute atomic E-state index is 0. The molecule has 1 heterocycles. The number of amides is 1. The lowest BCUT2D eigenvalue weighted by Crippen LogP contribution is -2.48. The second-order valence-corrected chi connectivity index (χ2v) is 5.13. The fourth-order valence-corrected chi connectivity index (χ4v) is 2.21. The van der Waals surface area contributed by atoms with E-state index in [4.69, 9.17) is 4.74 Å². The predicted octanol–water partition coefficient (Wildman–Crippen LogP) is 1.98. The minimum atomic E-state index is -0.0648. The fourth-order valence-electron chi connectivity index (χ4n) is 2.21. The summed E-state index contributed by atoms with van der Waals surface area (Å²) in [5, 5.41) is 8.35. The molecule has 1 aliphatic rings. The van der Waals surface area contributed by atoms with Gasteiger partial charge in [-0.3, -0.25) is 4.79 Å². The van der Waals surface area contributed by atoms with Crippen molar-refractivity contribution in [3.63, 3.8) is 0 Å². The highest BCUT2D eigenvalue weighted by Crippen LogP contribution is 2.20. The lowest BCUT2D eigenvalue weighted by Gasteiger charge is -2.27. The number of halogens is 1. The molecule has 5 heteroatoms. The number of rotatable bonds is 5. The van der Waals surface area contributed by atoms with Crippen molar-refractivity contribution in [3.05, 3.63) is 42.5 Å². The normalized spacial score (nSPS) is 14.1. The Morgan fingerprint density at radius 1 is 1.19 bits per heavy atom. The molecule has 1 amide bonds. The number of carbonyl (C=O) groups excluding carboxylic acids is 1. The Kier molecular flexibility index (Phi) is 5.42. The van der Waals surface area contributed by atoms with Gasteiger partial charge in [-0.25, -0.2) is 0 Å². The lowest BCUT2D eigenvalue weighted by molar-refractivity contribution is -0.123. The Bertz CT molecular complexity index is 614. The summed E-state index contributed by atoms with van der Waals surface area (Å²) in [6.45, 7) is 2.78. The Labute approximate surface area is 130 Å². The molecule has 4 nitrogen and oxygen atoms in total. The molecule has 112 valence electrons. The molecule has 1 fully saturated rings. The highest BCUT2D eigenvalue weighted by atomic mass is 35.5. The van der Waals surface area contributed by atoms with E-state index in [0.717, 1.165) is 30.8 Å². The van der Waals surface area contributed by atoms with Gasteiger partial charge < -0.3 is 15.4 Å². The Morgan fingerprint density at radius 3 is 2.67 bits per heavy atom. The summed E-state index contributed by atoms with van der Waals surface area (Å²) < 4.78 is 5.53. The van der Waals surface area contributed by atoms with Crippen molar-refractivity contribution in [2.45, 2.75) is 0 Å². The van der Waals surface area contributed by atoms with Gasteiger partial charge in [-0.15, -0.1) is 12.4 Å². The summed E-state index contributed by atoms with van der Waals surface area (Å²) in [7, 11) is 0. The largest absolute Gasteiger partial charge is 0.484 e. The van der Waals surface area contributed by atoms with Crippen LogP contribution in [0.1, 0.15) is 0 Å². The van der Waals surface area contributed by atoms with Crippen molar-refractivity contribution in [2.24, 2.45) is 5.92 Å². The van der Waals surface area contributed by atoms with Crippen LogP contribution in [0.2, 0.25) is 0 Å². The van der Waals surface area contributed by atoms with E-state index in [1.165, 1.54) is 5.39 Å². The fraction of sp³-hybridized carbons (Fsp3) is 0.312. The van der Waals surface area contributed by atoms with E-state index in [2.05, 4.69) is 16.7 Å². The molecule has 0 aromatic heterocycles. The Morgan fingerprint density at radius 2 is 1.95 bits per heavy atom. The Hall–Kier alpha value is -1.78. The van der Waals surface area contributed by atoms with Gasteiger partial charge in [0, 0.05) is 25.6 Å². The first-order valence-electron chi connectivity index (χ1n) is 6.90. The summed E-state index contributed by atoms with van der Waals surface area (Å²) in [6, 6.07) is 13.9. The zero-order valence-electron chi connectivity index (χ0n) is 11.7. The first-order chi connectivity index (χ1) is 9.81. The Balaban J connectivity index is 0.00000161. The summed E-state index contributed by atoms with van der Waals surface area (Å²) in [6.07, 6.45) is 0. The molecule has 0 saturated carbocycles. The standard InChI is InChI=1S/C16H18N2O2.ClH/c19-16(18-10-12-8-17-9-12)11-20-15-6-5-13-3-1-2-4-14(13)7-15;/h1-7,12,17H,8-11H2,(H,18,19);1H. The molecule has 3 rings (SSSR count). The van der Waals surface area contributed by atoms with Crippen molar-refractivity contribution >= 4 is 29.1 Å². The van der Waals surface area contributed by atoms with Gasteiger partial charge in [-0.1, -0.05) is 30.3 Å². The zero-order chi connectivity index (χ0) is 13.8. The molecule has 0 atom stereocenters. The number of nitrogens with one attached hydrogen (secondary N) is 2. The molecule has 0 spiro atoms. The van der Waals surface area contributed by atoms with Crippen molar-refractivity contribution in [1.29, 1.82) is 0 Å². The number of hydrogen-bond donors (Lipinski definition) is 2. The summed E-state index contributed by atoms with van der Waals surface area (Å²) in [5.41, 5.74) is 0. The highest BCUT2D eigenvalue weighted by Gasteiger charge is 2.17. The molecule has 0 unspecified atom stereocenters. The number of hydrogen-bond acceptors (Lipinski definition) is 3. The van der Waals surface area contributed by atoms with Crippen LogP contribution in [-0.2, 0) is 4.79 Å². The van der Waals surface area contributed by atoms with Crippen LogP contribution in [0.15, 0.2) is 42.5 Å². The molecule has 2 N–H and O–H groups in total. The molecule has 0 radical (unpaired) electrons. The van der Waals surface area contributed by atoms with E-state index in [-0.39, 0.29) is 24.9 Å². The number of fused-ring (bicyclic) bond motifs is 1. The zero-order valence-corrected chi connectivity index (χ0v) is 12.5. The molecule has 2 aromatic carbocycles. The van der Waals surface area contributed by atoms with E-state index in [0.29, 0.717) is 5.92 Å². The first kappa shape index (κ1) is 15.6. The van der Waals surface area contributed by atoms with Gasteiger partial charge in [0.05, 0.1) is 0 Å². The third-order valence-electron chi connectivity index (χ3n) is 3.54. The van der Waals surface area contributed by atoms with E-state index >= 15 is 0 Å². The SMILES string of the molecule is Cl.O=C(COc1ccc2ccccc2c1)NCC1CNC1. The van der Waals surface area contributed by atoms with Crippen LogP contribution in [0.3, 0.4) is 0 Å². The number of carbonyl (C=O) groups is 1. The molecule has 1 saturated heterocycles. The van der Waals surface area contributed by atoms with Crippen molar-refractivity contribution in [3.8, 4) is 5.75 Å². The second kappa shape index (κ2) is 7.29. The van der Waals surface area contributed by atoms with Gasteiger partial charge >= 0.3 is 0 Å². The van der Waals surface area contributed by atoms with Crippen LogP contribution < -0.4 is 15.4 Å². The topological polar surface area (TPSA) is 50.4 Å². The molecular formula is C16H19ClN2O2. The number of benzene rings is 2. The van der Waals surface area contributed by atoms with Crippen molar-refractivity contribution in [2.75, 3.05) is 26.2 Å². The van der Waals surface area contributed by atoms with E-state index in [1.54, 1.807) is 0 Å². The van der Waals surface area contributed by atoms with Gasteiger partial charge in [-0.2, -0.15) is 0 Å². The second-order valence-electron chi connectivity index (χ2n) is 5.13. The summed E-state index contributed by atoms with van der Waals surface area (Å²) in [5.74, 6) is 1.23. The molecule has 1 aliphatic heterocycles. The van der Waals surface area contributed by atoms with E-state index < -0.39 is 0 Å². The maximum atomic E-state index is 11.7. The highest BCUT2D eigenvalue weighted by molar-refractivity contribution is 5.85. The molecule has 0 bridgehead atoms. The van der Waals surface area contributed by atoms with Gasteiger partial charge in [0.25, 0.3) is 5.91 Å². The molecule has 2 aromatic rings. The van der Waals surface area contributed by atoms with Gasteiger partial charge in [0.2, 0.25) is 0 Å². The maximum Gasteiger partial charge on any atom is 0.257 e. The van der Waals surface area contributed by atoms with Crippen LogP contribution in [-0.4, -0.2) is 32.1 Å². The van der Waals surface area contributed by atoms with Crippen molar-refractivity contribution < 1.29 is 9.53 Å². The van der Waals surface area contributed by atoms with Gasteiger partial charge in [0.15, 0.2) is 6.61 Å². The molecule has 0 aliphatic carbocycles. The first-order valence-corrected chi connectivity index (χ1v) is 6.90. The average molecular weight is 307 g/mol. The molecule has 21 heavy (non-hydrogen) atoms. The van der Waals surface area contributed by atoms with E-state index in [1.807, 2.05) is 36.4 Å². The lowest BCUT2D eigenvalue weighted by atomic mass is 10.0. The van der Waals surface area contributed by atoms with E-state index in [9.17, 15) is 4.79 Å². The minimum Gasteiger partial charge on any atom is -0.484 e. The summed E-state index contributed by atoms with van der Waals surface area (Å²) in [4.78, 5) is 11.7. The smallest absolute Gasteiger partial charge is 0.257 e. The number of ether oxygens (including phenoxy) is 1. The third kappa shape index (κ3) is 4.09. The van der Waals surface area contributed by atoms with Crippen LogP contribution in [0.5, 0.6) is 5.75 Å². The van der Waals surface area contributed by atoms with Gasteiger partial charge in [0.1, 0.15) is 5.75 Å². The third-order valence-corrected chi connectivity index (χ3v) is 3.54. The van der Waals surface area contributed by atoms with Crippen molar-refractivity contribution in [1.82, 2.24) is 10.6 Å². The quantitative estimate of drug-likeness (QED) is 0.888. The monoisotopic (exact) mass is 306 g/mol. The van der Waals surface area contributed by atoms with Crippen LogP contribution in [0.4, 0.5) is 0 Å². The molecular weight excluding hydrogens is 288 g/mol. The van der Waals surface area contributed by atoms with Crippen LogP contribution >= 0.6 is 12.4 Å². The van der Waals surface area contributed by atoms with Crippen LogP contribution in [0, 0.1) is 5.92 Å². The van der Waals surface area contributed by atoms with Gasteiger partial charge in [-0.05, 0) is 22.9 Å². The summed E-state index contributed by atoms with van der Waals surface area (Å²) >= 11 is 0. The predicted molar refractivity (Wildman–Crippen MR) is 86.1 cm³/mol. The van der Waals surface area contributed by atoms with Crippen LogP contribution in [0.25, 0.3) is 10.8 Å².